The number of carbonyl (C=O) groups excluding carboxylic acids is 1. The number of hydrogen-bond acceptors (Lipinski definition) is 3. The Hall–Kier alpha value is -1.10. The first-order valence-corrected chi connectivity index (χ1v) is 10.4. The maximum atomic E-state index is 13.2. The molecule has 1 aromatic carbocycles. The summed E-state index contributed by atoms with van der Waals surface area (Å²) in [4.78, 5) is 17.7. The Morgan fingerprint density at radius 3 is 2.48 bits per heavy atom. The van der Waals surface area contributed by atoms with Crippen LogP contribution in [0.15, 0.2) is 30.3 Å². The van der Waals surface area contributed by atoms with E-state index in [1.165, 1.54) is 24.8 Å². The molecule has 2 N–H and O–H groups in total. The van der Waals surface area contributed by atoms with Crippen LogP contribution in [0.25, 0.3) is 0 Å². The van der Waals surface area contributed by atoms with Gasteiger partial charge in [0.1, 0.15) is 0 Å². The van der Waals surface area contributed by atoms with Gasteiger partial charge in [0.05, 0.1) is 0 Å². The second-order valence-electron chi connectivity index (χ2n) is 8.81. The minimum Gasteiger partial charge on any atom is -0.341 e. The first kappa shape index (κ1) is 20.6. The maximum absolute atomic E-state index is 13.2. The van der Waals surface area contributed by atoms with E-state index >= 15 is 0 Å². The smallest absolute Gasteiger partial charge is 0.225 e. The van der Waals surface area contributed by atoms with Crippen molar-refractivity contribution >= 4 is 18.3 Å². The van der Waals surface area contributed by atoms with Crippen molar-refractivity contribution in [3.63, 3.8) is 0 Å². The molecule has 5 heteroatoms. The molecule has 1 aliphatic heterocycles. The third kappa shape index (κ3) is 4.49. The van der Waals surface area contributed by atoms with Crippen molar-refractivity contribution in [2.45, 2.75) is 57.2 Å². The van der Waals surface area contributed by atoms with Crippen molar-refractivity contribution in [1.29, 1.82) is 0 Å². The average Bonchev–Trinajstić information content (AvgIpc) is 3.09. The van der Waals surface area contributed by atoms with Crippen molar-refractivity contribution < 1.29 is 4.79 Å². The summed E-state index contributed by atoms with van der Waals surface area (Å²) in [5, 5.41) is 0. The molecule has 0 spiro atoms. The first-order chi connectivity index (χ1) is 12.6. The molecule has 3 unspecified atom stereocenters. The summed E-state index contributed by atoms with van der Waals surface area (Å²) in [5.41, 5.74) is 7.76. The van der Waals surface area contributed by atoms with Crippen LogP contribution in [-0.2, 0) is 11.3 Å². The molecular formula is C22H34ClN3O. The summed E-state index contributed by atoms with van der Waals surface area (Å²) in [7, 11) is 2.03. The van der Waals surface area contributed by atoms with Gasteiger partial charge in [-0.25, -0.2) is 0 Å². The summed E-state index contributed by atoms with van der Waals surface area (Å²) in [5.74, 6) is 1.73. The molecule has 3 aliphatic rings. The molecule has 0 aromatic heterocycles. The van der Waals surface area contributed by atoms with Gasteiger partial charge in [0.2, 0.25) is 5.91 Å². The summed E-state index contributed by atoms with van der Waals surface area (Å²) >= 11 is 0. The predicted molar refractivity (Wildman–Crippen MR) is 112 cm³/mol. The summed E-state index contributed by atoms with van der Waals surface area (Å²) in [6.45, 7) is 3.07. The molecule has 1 aromatic rings. The largest absolute Gasteiger partial charge is 0.341 e. The van der Waals surface area contributed by atoms with E-state index in [1.54, 1.807) is 0 Å². The number of likely N-dealkylation sites (N-methyl/N-ethyl adjacent to an activating group) is 1. The van der Waals surface area contributed by atoms with Crippen LogP contribution in [-0.4, -0.2) is 47.9 Å². The second-order valence-corrected chi connectivity index (χ2v) is 8.81. The molecule has 3 atom stereocenters. The lowest BCUT2D eigenvalue weighted by Crippen LogP contribution is -2.50. The zero-order valence-electron chi connectivity index (χ0n) is 16.4. The second kappa shape index (κ2) is 8.93. The van der Waals surface area contributed by atoms with E-state index in [-0.39, 0.29) is 18.3 Å². The quantitative estimate of drug-likeness (QED) is 0.856. The number of nitrogens with two attached hydrogens (primary N) is 1. The minimum absolute atomic E-state index is 0. The van der Waals surface area contributed by atoms with Crippen molar-refractivity contribution in [3.8, 4) is 0 Å². The SMILES string of the molecule is CN(C(=O)C1CC2CCCC(C1)C2N)C1CCN(Cc2ccccc2)C1.Cl. The van der Waals surface area contributed by atoms with Gasteiger partial charge >= 0.3 is 0 Å². The Morgan fingerprint density at radius 2 is 1.81 bits per heavy atom. The van der Waals surface area contributed by atoms with Crippen LogP contribution in [0.1, 0.15) is 44.1 Å². The van der Waals surface area contributed by atoms with E-state index in [9.17, 15) is 4.79 Å². The molecule has 2 saturated carbocycles. The minimum atomic E-state index is 0. The Morgan fingerprint density at radius 1 is 1.15 bits per heavy atom. The normalized spacial score (nSPS) is 33.3. The lowest BCUT2D eigenvalue weighted by Gasteiger charge is -2.44. The number of amides is 1. The first-order valence-electron chi connectivity index (χ1n) is 10.4. The number of nitrogens with zero attached hydrogens (tertiary/aromatic N) is 2. The Bertz CT molecular complexity index is 611. The number of fused-ring (bicyclic) bond motifs is 2. The summed E-state index contributed by atoms with van der Waals surface area (Å²) in [6, 6.07) is 11.3. The van der Waals surface area contributed by atoms with Gasteiger partial charge in [0.25, 0.3) is 0 Å². The van der Waals surface area contributed by atoms with E-state index in [2.05, 4.69) is 40.1 Å². The van der Waals surface area contributed by atoms with Crippen molar-refractivity contribution in [2.24, 2.45) is 23.5 Å². The molecule has 4 nitrogen and oxygen atoms in total. The number of carbonyl (C=O) groups is 1. The van der Waals surface area contributed by atoms with Crippen molar-refractivity contribution in [3.05, 3.63) is 35.9 Å². The third-order valence-corrected chi connectivity index (χ3v) is 7.15. The van der Waals surface area contributed by atoms with Crippen LogP contribution < -0.4 is 5.73 Å². The molecule has 4 rings (SSSR count). The van der Waals surface area contributed by atoms with E-state index in [0.29, 0.717) is 29.8 Å². The maximum Gasteiger partial charge on any atom is 0.225 e. The number of benzene rings is 1. The predicted octanol–water partition coefficient (Wildman–Crippen LogP) is 3.29. The van der Waals surface area contributed by atoms with Crippen LogP contribution in [0.4, 0.5) is 0 Å². The van der Waals surface area contributed by atoms with E-state index < -0.39 is 0 Å². The summed E-state index contributed by atoms with van der Waals surface area (Å²) in [6.07, 6.45) is 6.87. The zero-order chi connectivity index (χ0) is 18.1. The molecule has 27 heavy (non-hydrogen) atoms. The highest BCUT2D eigenvalue weighted by Gasteiger charge is 2.42. The number of rotatable bonds is 4. The van der Waals surface area contributed by atoms with Gasteiger partial charge in [-0.2, -0.15) is 0 Å². The Labute approximate surface area is 169 Å². The van der Waals surface area contributed by atoms with Gasteiger partial charge < -0.3 is 10.6 Å². The average molecular weight is 392 g/mol. The molecule has 3 fully saturated rings. The zero-order valence-corrected chi connectivity index (χ0v) is 17.2. The molecule has 150 valence electrons. The van der Waals surface area contributed by atoms with Crippen LogP contribution in [0, 0.1) is 17.8 Å². The topological polar surface area (TPSA) is 49.6 Å². The highest BCUT2D eigenvalue weighted by Crippen LogP contribution is 2.42. The highest BCUT2D eigenvalue weighted by molar-refractivity contribution is 5.85. The highest BCUT2D eigenvalue weighted by atomic mass is 35.5. The number of hydrogen-bond donors (Lipinski definition) is 1. The standard InChI is InChI=1S/C22H33N3O.ClH/c1-24(20-10-11-25(15-20)14-16-6-3-2-4-7-16)22(26)19-12-17-8-5-9-18(13-19)21(17)23;/h2-4,6-7,17-21H,5,8-15,23H2,1H3;1H. The van der Waals surface area contributed by atoms with Crippen LogP contribution >= 0.6 is 12.4 Å². The molecule has 1 saturated heterocycles. The number of halogens is 1. The van der Waals surface area contributed by atoms with Crippen molar-refractivity contribution in [2.75, 3.05) is 20.1 Å². The van der Waals surface area contributed by atoms with Crippen LogP contribution in [0.5, 0.6) is 0 Å². The van der Waals surface area contributed by atoms with Gasteiger partial charge in [-0.1, -0.05) is 36.8 Å². The van der Waals surface area contributed by atoms with Crippen LogP contribution in [0.2, 0.25) is 0 Å². The Balaban J connectivity index is 0.00000210. The van der Waals surface area contributed by atoms with Gasteiger partial charge in [-0.05, 0) is 49.5 Å². The molecule has 1 heterocycles. The fourth-order valence-electron chi connectivity index (χ4n) is 5.57. The molecule has 0 radical (unpaired) electrons. The fourth-order valence-corrected chi connectivity index (χ4v) is 5.57. The van der Waals surface area contributed by atoms with Gasteiger partial charge in [-0.3, -0.25) is 9.69 Å². The van der Waals surface area contributed by atoms with Gasteiger partial charge in [0, 0.05) is 44.7 Å². The number of likely N-dealkylation sites (tertiary alicyclic amines) is 1. The third-order valence-electron chi connectivity index (χ3n) is 7.15. The molecule has 2 bridgehead atoms. The lowest BCUT2D eigenvalue weighted by atomic mass is 9.65. The monoisotopic (exact) mass is 391 g/mol. The molecule has 1 amide bonds. The van der Waals surface area contributed by atoms with E-state index in [0.717, 1.165) is 38.9 Å². The van der Waals surface area contributed by atoms with Crippen LogP contribution in [0.3, 0.4) is 0 Å². The fraction of sp³-hybridized carbons (Fsp3) is 0.682. The molecule has 2 aliphatic carbocycles. The van der Waals surface area contributed by atoms with Gasteiger partial charge in [0.15, 0.2) is 0 Å². The van der Waals surface area contributed by atoms with E-state index in [4.69, 9.17) is 5.73 Å². The van der Waals surface area contributed by atoms with Gasteiger partial charge in [-0.15, -0.1) is 12.4 Å². The van der Waals surface area contributed by atoms with E-state index in [1.807, 2.05) is 7.05 Å². The Kier molecular flexibility index (Phi) is 6.83. The lowest BCUT2D eigenvalue weighted by molar-refractivity contribution is -0.139. The summed E-state index contributed by atoms with van der Waals surface area (Å²) < 4.78 is 0. The van der Waals surface area contributed by atoms with Crippen molar-refractivity contribution in [1.82, 2.24) is 9.80 Å². The molecular weight excluding hydrogens is 358 g/mol.